The highest BCUT2D eigenvalue weighted by atomic mass is 35.5. The van der Waals surface area contributed by atoms with Crippen molar-refractivity contribution >= 4 is 51.8 Å². The molecule has 0 aliphatic carbocycles. The Morgan fingerprint density at radius 3 is 2.52 bits per heavy atom. The van der Waals surface area contributed by atoms with Crippen LogP contribution in [0.4, 0.5) is 5.69 Å². The van der Waals surface area contributed by atoms with Crippen molar-refractivity contribution in [3.8, 4) is 0 Å². The molecule has 0 bridgehead atoms. The van der Waals surface area contributed by atoms with E-state index in [4.69, 9.17) is 23.2 Å². The number of hydrogen-bond donors (Lipinski definition) is 1. The number of esters is 1. The Labute approximate surface area is 152 Å². The van der Waals surface area contributed by atoms with E-state index in [-0.39, 0.29) is 12.5 Å². The lowest BCUT2D eigenvalue weighted by Crippen LogP contribution is -2.19. The zero-order chi connectivity index (χ0) is 18.0. The fourth-order valence-electron chi connectivity index (χ4n) is 2.22. The number of carbonyl (C=O) groups is 2. The molecule has 0 saturated carbocycles. The van der Waals surface area contributed by atoms with Gasteiger partial charge in [-0.3, -0.25) is 4.79 Å². The van der Waals surface area contributed by atoms with Crippen LogP contribution in [0.1, 0.15) is 10.4 Å². The van der Waals surface area contributed by atoms with Gasteiger partial charge >= 0.3 is 5.97 Å². The first-order chi connectivity index (χ1) is 12.0. The van der Waals surface area contributed by atoms with Gasteiger partial charge in [0.05, 0.1) is 28.2 Å². The summed E-state index contributed by atoms with van der Waals surface area (Å²) in [4.78, 5) is 23.6. The molecule has 1 aromatic heterocycles. The molecule has 0 atom stereocenters. The van der Waals surface area contributed by atoms with Crippen LogP contribution in [0.2, 0.25) is 10.0 Å². The van der Waals surface area contributed by atoms with Crippen LogP contribution in [0, 0.1) is 0 Å². The molecule has 3 aromatic rings. The molecular weight excluding hydrogens is 367 g/mol. The fraction of sp³-hybridized carbons (Fsp3) is 0.125. The number of anilines is 1. The van der Waals surface area contributed by atoms with Crippen LogP contribution in [0.3, 0.4) is 0 Å². The maximum atomic E-state index is 12.2. The first kappa shape index (κ1) is 17.2. The van der Waals surface area contributed by atoms with Crippen molar-refractivity contribution in [1.29, 1.82) is 0 Å². The molecule has 0 aliphatic rings. The minimum Gasteiger partial charge on any atom is -0.465 e. The van der Waals surface area contributed by atoms with Crippen molar-refractivity contribution in [2.75, 3.05) is 12.4 Å². The van der Waals surface area contributed by atoms with Gasteiger partial charge in [0, 0.05) is 5.69 Å². The van der Waals surface area contributed by atoms with Gasteiger partial charge in [0.2, 0.25) is 5.91 Å². The zero-order valence-corrected chi connectivity index (χ0v) is 14.5. The molecule has 0 saturated heterocycles. The predicted octanol–water partition coefficient (Wildman–Crippen LogP) is 3.16. The number of ether oxygens (including phenoxy) is 1. The predicted molar refractivity (Wildman–Crippen MR) is 94.0 cm³/mol. The molecular formula is C16H12Cl2N4O3. The minimum absolute atomic E-state index is 0.0484. The van der Waals surface area contributed by atoms with E-state index in [9.17, 15) is 9.59 Å². The normalized spacial score (nSPS) is 10.7. The van der Waals surface area contributed by atoms with Crippen LogP contribution >= 0.6 is 23.2 Å². The van der Waals surface area contributed by atoms with Gasteiger partial charge in [0.1, 0.15) is 12.1 Å². The van der Waals surface area contributed by atoms with E-state index in [0.29, 0.717) is 32.3 Å². The van der Waals surface area contributed by atoms with E-state index in [1.165, 1.54) is 11.8 Å². The van der Waals surface area contributed by atoms with Crippen molar-refractivity contribution in [3.63, 3.8) is 0 Å². The quantitative estimate of drug-likeness (QED) is 0.704. The van der Waals surface area contributed by atoms with Gasteiger partial charge in [-0.1, -0.05) is 28.4 Å². The first-order valence-electron chi connectivity index (χ1n) is 7.14. The third kappa shape index (κ3) is 3.72. The highest BCUT2D eigenvalue weighted by Crippen LogP contribution is 2.26. The summed E-state index contributed by atoms with van der Waals surface area (Å²) in [6, 6.07) is 9.55. The largest absolute Gasteiger partial charge is 0.465 e. The van der Waals surface area contributed by atoms with Gasteiger partial charge in [0.15, 0.2) is 0 Å². The average Bonchev–Trinajstić information content (AvgIpc) is 2.97. The summed E-state index contributed by atoms with van der Waals surface area (Å²) in [6.07, 6.45) is 0. The van der Waals surface area contributed by atoms with Crippen LogP contribution in [-0.2, 0) is 16.1 Å². The number of benzene rings is 2. The Balaban J connectivity index is 1.72. The summed E-state index contributed by atoms with van der Waals surface area (Å²) >= 11 is 11.9. The Kier molecular flexibility index (Phi) is 4.87. The first-order valence-corrected chi connectivity index (χ1v) is 7.90. The topological polar surface area (TPSA) is 86.1 Å². The highest BCUT2D eigenvalue weighted by Gasteiger charge is 2.12. The summed E-state index contributed by atoms with van der Waals surface area (Å²) in [6.45, 7) is -0.0484. The van der Waals surface area contributed by atoms with Crippen LogP contribution in [-0.4, -0.2) is 34.0 Å². The lowest BCUT2D eigenvalue weighted by atomic mass is 10.2. The lowest BCUT2D eigenvalue weighted by Gasteiger charge is -2.07. The summed E-state index contributed by atoms with van der Waals surface area (Å²) in [5, 5.41) is 11.3. The van der Waals surface area contributed by atoms with Gasteiger partial charge in [-0.15, -0.1) is 5.10 Å². The molecule has 7 nitrogen and oxygen atoms in total. The third-order valence-electron chi connectivity index (χ3n) is 3.44. The average molecular weight is 379 g/mol. The Morgan fingerprint density at radius 1 is 1.16 bits per heavy atom. The van der Waals surface area contributed by atoms with Crippen molar-refractivity contribution in [1.82, 2.24) is 15.0 Å². The smallest absolute Gasteiger partial charge is 0.337 e. The SMILES string of the molecule is COC(=O)c1ccc(NC(=O)Cn2nnc3cc(Cl)c(Cl)cc32)cc1. The number of aromatic nitrogens is 3. The van der Waals surface area contributed by atoms with E-state index in [1.54, 1.807) is 36.4 Å². The molecule has 0 radical (unpaired) electrons. The van der Waals surface area contributed by atoms with Gasteiger partial charge in [0.25, 0.3) is 0 Å². The Bertz CT molecular complexity index is 954. The minimum atomic E-state index is -0.442. The maximum absolute atomic E-state index is 12.2. The number of nitrogens with one attached hydrogen (secondary N) is 1. The molecule has 0 aliphatic heterocycles. The molecule has 1 N–H and O–H groups in total. The van der Waals surface area contributed by atoms with Crippen LogP contribution in [0.5, 0.6) is 0 Å². The standard InChI is InChI=1S/C16H12Cl2N4O3/c1-25-16(24)9-2-4-10(5-3-9)19-15(23)8-22-14-7-12(18)11(17)6-13(14)20-21-22/h2-7H,8H2,1H3,(H,19,23). The second-order valence-corrected chi connectivity index (χ2v) is 5.93. The van der Waals surface area contributed by atoms with Gasteiger partial charge in [-0.25, -0.2) is 9.48 Å². The lowest BCUT2D eigenvalue weighted by molar-refractivity contribution is -0.116. The Hall–Kier alpha value is -2.64. The van der Waals surface area contributed by atoms with Gasteiger partial charge in [-0.05, 0) is 36.4 Å². The molecule has 0 unspecified atom stereocenters. The fourth-order valence-corrected chi connectivity index (χ4v) is 2.54. The van der Waals surface area contributed by atoms with E-state index < -0.39 is 5.97 Å². The molecule has 1 heterocycles. The monoisotopic (exact) mass is 378 g/mol. The second kappa shape index (κ2) is 7.08. The number of nitrogens with zero attached hydrogens (tertiary/aromatic N) is 3. The summed E-state index contributed by atoms with van der Waals surface area (Å²) < 4.78 is 6.05. The molecule has 25 heavy (non-hydrogen) atoms. The van der Waals surface area contributed by atoms with Gasteiger partial charge < -0.3 is 10.1 Å². The molecule has 0 fully saturated rings. The number of hydrogen-bond acceptors (Lipinski definition) is 5. The maximum Gasteiger partial charge on any atom is 0.337 e. The number of fused-ring (bicyclic) bond motifs is 1. The molecule has 128 valence electrons. The molecule has 3 rings (SSSR count). The number of amides is 1. The van der Waals surface area contributed by atoms with Crippen LogP contribution in [0.15, 0.2) is 36.4 Å². The van der Waals surface area contributed by atoms with Crippen molar-refractivity contribution in [3.05, 3.63) is 52.0 Å². The number of methoxy groups -OCH3 is 1. The van der Waals surface area contributed by atoms with Crippen molar-refractivity contribution in [2.24, 2.45) is 0 Å². The molecule has 1 amide bonds. The molecule has 9 heteroatoms. The number of rotatable bonds is 4. The van der Waals surface area contributed by atoms with Crippen LogP contribution < -0.4 is 5.32 Å². The van der Waals surface area contributed by atoms with E-state index in [0.717, 1.165) is 0 Å². The van der Waals surface area contributed by atoms with Crippen molar-refractivity contribution < 1.29 is 14.3 Å². The van der Waals surface area contributed by atoms with Gasteiger partial charge in [-0.2, -0.15) is 0 Å². The van der Waals surface area contributed by atoms with Crippen LogP contribution in [0.25, 0.3) is 11.0 Å². The van der Waals surface area contributed by atoms with Crippen molar-refractivity contribution in [2.45, 2.75) is 6.54 Å². The summed E-state index contributed by atoms with van der Waals surface area (Å²) in [5.41, 5.74) is 2.09. The highest BCUT2D eigenvalue weighted by molar-refractivity contribution is 6.42. The van der Waals surface area contributed by atoms with E-state index in [1.807, 2.05) is 0 Å². The van der Waals surface area contributed by atoms with E-state index >= 15 is 0 Å². The molecule has 2 aromatic carbocycles. The summed E-state index contributed by atoms with van der Waals surface area (Å²) in [5.74, 6) is -0.744. The Morgan fingerprint density at radius 2 is 1.84 bits per heavy atom. The number of carbonyl (C=O) groups excluding carboxylic acids is 2. The van der Waals surface area contributed by atoms with E-state index in [2.05, 4.69) is 20.4 Å². The number of halogens is 2. The second-order valence-electron chi connectivity index (χ2n) is 5.12. The zero-order valence-electron chi connectivity index (χ0n) is 13.0. The summed E-state index contributed by atoms with van der Waals surface area (Å²) in [7, 11) is 1.31. The third-order valence-corrected chi connectivity index (χ3v) is 4.16. The molecule has 0 spiro atoms.